The van der Waals surface area contributed by atoms with E-state index in [0.29, 0.717) is 29.0 Å². The molecule has 1 saturated carbocycles. The first-order valence-electron chi connectivity index (χ1n) is 9.75. The standard InChI is InChI=1S/C20H19BrN8O2/c1-28(10-11-4-2-3-5-14(11)21)18-25-16-12(8-15-17(30)26-20(31)24-15)9-22-29(16)19(27-18)23-13-6-7-13/h2-5,8-9,13,30H,6-7,10H2,1H3,(H2,24,26,31)/b12-8+,23-19?. The van der Waals surface area contributed by atoms with Crippen LogP contribution in [0.2, 0.25) is 0 Å². The van der Waals surface area contributed by atoms with Crippen LogP contribution in [0.1, 0.15) is 24.1 Å². The van der Waals surface area contributed by atoms with Crippen molar-refractivity contribution in [1.82, 2.24) is 29.5 Å². The van der Waals surface area contributed by atoms with Gasteiger partial charge in [0.1, 0.15) is 5.69 Å². The van der Waals surface area contributed by atoms with Crippen LogP contribution in [0.4, 0.5) is 5.95 Å². The smallest absolute Gasteiger partial charge is 0.326 e. The van der Waals surface area contributed by atoms with Crippen LogP contribution >= 0.6 is 15.9 Å². The van der Waals surface area contributed by atoms with E-state index in [-0.39, 0.29) is 17.6 Å². The molecule has 0 aliphatic heterocycles. The lowest BCUT2D eigenvalue weighted by molar-refractivity contribution is 0.454. The van der Waals surface area contributed by atoms with Crippen LogP contribution in [0.5, 0.6) is 5.88 Å². The van der Waals surface area contributed by atoms with Crippen molar-refractivity contribution in [3.8, 4) is 5.88 Å². The molecule has 4 aromatic rings. The second-order valence-electron chi connectivity index (χ2n) is 7.45. The monoisotopic (exact) mass is 482 g/mol. The summed E-state index contributed by atoms with van der Waals surface area (Å²) in [5.74, 6) is 0.261. The van der Waals surface area contributed by atoms with E-state index in [0.717, 1.165) is 22.9 Å². The van der Waals surface area contributed by atoms with Crippen molar-refractivity contribution in [1.29, 1.82) is 0 Å². The van der Waals surface area contributed by atoms with Gasteiger partial charge in [0, 0.05) is 23.3 Å². The summed E-state index contributed by atoms with van der Waals surface area (Å²) >= 11 is 3.58. The van der Waals surface area contributed by atoms with Gasteiger partial charge in [0.2, 0.25) is 11.8 Å². The Hall–Kier alpha value is -3.47. The molecule has 0 atom stereocenters. The third kappa shape index (κ3) is 3.96. The number of benzene rings is 1. The maximum atomic E-state index is 11.5. The van der Waals surface area contributed by atoms with Gasteiger partial charge >= 0.3 is 5.69 Å². The zero-order chi connectivity index (χ0) is 21.5. The van der Waals surface area contributed by atoms with Crippen LogP contribution in [0.15, 0.2) is 44.7 Å². The Morgan fingerprint density at radius 2 is 2.13 bits per heavy atom. The molecule has 5 rings (SSSR count). The Morgan fingerprint density at radius 1 is 1.32 bits per heavy atom. The van der Waals surface area contributed by atoms with E-state index in [1.165, 1.54) is 0 Å². The van der Waals surface area contributed by atoms with E-state index in [1.54, 1.807) is 16.8 Å². The zero-order valence-corrected chi connectivity index (χ0v) is 18.2. The molecule has 1 aliphatic carbocycles. The average molecular weight is 483 g/mol. The largest absolute Gasteiger partial charge is 0.493 e. The fraction of sp³-hybridized carbons (Fsp3) is 0.250. The number of nitrogens with zero attached hydrogens (tertiary/aromatic N) is 6. The predicted molar refractivity (Wildman–Crippen MR) is 117 cm³/mol. The first-order valence-corrected chi connectivity index (χ1v) is 10.5. The number of imidazole rings is 1. The molecule has 10 nitrogen and oxygen atoms in total. The Bertz CT molecular complexity index is 1450. The van der Waals surface area contributed by atoms with Crippen LogP contribution < -0.4 is 21.4 Å². The van der Waals surface area contributed by atoms with Crippen molar-refractivity contribution in [2.75, 3.05) is 11.9 Å². The number of hydrogen-bond acceptors (Lipinski definition) is 7. The normalized spacial score (nSPS) is 15.2. The van der Waals surface area contributed by atoms with Crippen LogP contribution in [-0.4, -0.2) is 47.7 Å². The van der Waals surface area contributed by atoms with Gasteiger partial charge in [0.25, 0.3) is 5.62 Å². The minimum atomic E-state index is -0.492. The summed E-state index contributed by atoms with van der Waals surface area (Å²) in [6, 6.07) is 8.24. The SMILES string of the molecule is CN(Cc1ccccc1Br)c1nc(=NC2CC2)n2nc/c(=C\c3[nH]c(=O)[nH]c3O)c2n1. The Kier molecular flexibility index (Phi) is 4.81. The number of anilines is 1. The molecular weight excluding hydrogens is 464 g/mol. The lowest BCUT2D eigenvalue weighted by atomic mass is 10.2. The summed E-state index contributed by atoms with van der Waals surface area (Å²) in [4.78, 5) is 32.3. The molecule has 3 N–H and O–H groups in total. The number of rotatable bonds is 5. The number of hydrogen-bond donors (Lipinski definition) is 3. The van der Waals surface area contributed by atoms with Crippen molar-refractivity contribution in [3.05, 3.63) is 67.5 Å². The van der Waals surface area contributed by atoms with Crippen molar-refractivity contribution < 1.29 is 5.11 Å². The highest BCUT2D eigenvalue weighted by Crippen LogP contribution is 2.22. The van der Waals surface area contributed by atoms with Crippen molar-refractivity contribution in [2.45, 2.75) is 25.4 Å². The van der Waals surface area contributed by atoms with E-state index in [4.69, 9.17) is 9.98 Å². The Morgan fingerprint density at radius 3 is 2.84 bits per heavy atom. The molecular formula is C20H19BrN8O2. The molecule has 31 heavy (non-hydrogen) atoms. The van der Waals surface area contributed by atoms with Gasteiger partial charge in [-0.1, -0.05) is 34.1 Å². The van der Waals surface area contributed by atoms with Gasteiger partial charge in [-0.15, -0.1) is 0 Å². The van der Waals surface area contributed by atoms with Gasteiger partial charge < -0.3 is 15.0 Å². The van der Waals surface area contributed by atoms with Crippen LogP contribution in [0.3, 0.4) is 0 Å². The van der Waals surface area contributed by atoms with Gasteiger partial charge in [0.05, 0.1) is 12.2 Å². The van der Waals surface area contributed by atoms with Crippen LogP contribution in [0.25, 0.3) is 11.7 Å². The van der Waals surface area contributed by atoms with Crippen LogP contribution in [-0.2, 0) is 6.54 Å². The maximum Gasteiger partial charge on any atom is 0.326 e. The number of aromatic hydroxyl groups is 1. The summed E-state index contributed by atoms with van der Waals surface area (Å²) in [6.45, 7) is 0.597. The summed E-state index contributed by atoms with van der Waals surface area (Å²) in [7, 11) is 1.92. The quantitative estimate of drug-likeness (QED) is 0.387. The fourth-order valence-electron chi connectivity index (χ4n) is 3.19. The molecule has 0 amide bonds. The lowest BCUT2D eigenvalue weighted by Gasteiger charge is -2.17. The molecule has 0 unspecified atom stereocenters. The minimum Gasteiger partial charge on any atom is -0.493 e. The first-order chi connectivity index (χ1) is 15.0. The van der Waals surface area contributed by atoms with Gasteiger partial charge in [-0.3, -0.25) is 4.98 Å². The van der Waals surface area contributed by atoms with Gasteiger partial charge in [0.15, 0.2) is 5.65 Å². The third-order valence-electron chi connectivity index (χ3n) is 4.95. The van der Waals surface area contributed by atoms with E-state index in [1.807, 2.05) is 36.2 Å². The number of fused-ring (bicyclic) bond motifs is 1. The summed E-state index contributed by atoms with van der Waals surface area (Å²) in [5.41, 5.74) is 1.87. The Labute approximate surface area is 184 Å². The Balaban J connectivity index is 1.64. The summed E-state index contributed by atoms with van der Waals surface area (Å²) < 4.78 is 2.60. The highest BCUT2D eigenvalue weighted by atomic mass is 79.9. The number of H-pyrrole nitrogens is 2. The number of nitrogens with one attached hydrogen (secondary N) is 2. The van der Waals surface area contributed by atoms with Crippen molar-refractivity contribution in [2.24, 2.45) is 4.99 Å². The fourth-order valence-corrected chi connectivity index (χ4v) is 3.60. The number of halogens is 1. The van der Waals surface area contributed by atoms with E-state index >= 15 is 0 Å². The molecule has 0 radical (unpaired) electrons. The highest BCUT2D eigenvalue weighted by molar-refractivity contribution is 9.10. The van der Waals surface area contributed by atoms with Gasteiger partial charge in [-0.25, -0.2) is 9.79 Å². The third-order valence-corrected chi connectivity index (χ3v) is 5.73. The predicted octanol–water partition coefficient (Wildman–Crippen LogP) is 0.856. The van der Waals surface area contributed by atoms with E-state index < -0.39 is 5.69 Å². The molecule has 0 bridgehead atoms. The second kappa shape index (κ2) is 7.65. The van der Waals surface area contributed by atoms with Crippen LogP contribution in [0, 0.1) is 0 Å². The molecule has 1 aliphatic rings. The molecule has 1 fully saturated rings. The summed E-state index contributed by atoms with van der Waals surface area (Å²) in [6.07, 6.45) is 5.29. The van der Waals surface area contributed by atoms with E-state index in [9.17, 15) is 9.90 Å². The number of aromatic nitrogens is 6. The molecule has 3 aromatic heterocycles. The zero-order valence-electron chi connectivity index (χ0n) is 16.6. The number of aromatic amines is 2. The molecule has 0 saturated heterocycles. The maximum absolute atomic E-state index is 11.5. The van der Waals surface area contributed by atoms with Gasteiger partial charge in [-0.2, -0.15) is 19.6 Å². The molecule has 0 spiro atoms. The van der Waals surface area contributed by atoms with E-state index in [2.05, 4.69) is 36.0 Å². The topological polar surface area (TPSA) is 128 Å². The van der Waals surface area contributed by atoms with Crippen molar-refractivity contribution >= 4 is 33.6 Å². The molecule has 158 valence electrons. The molecule has 11 heteroatoms. The first kappa shape index (κ1) is 19.5. The average Bonchev–Trinajstić information content (AvgIpc) is 3.38. The molecule has 1 aromatic carbocycles. The second-order valence-corrected chi connectivity index (χ2v) is 8.31. The van der Waals surface area contributed by atoms with Gasteiger partial charge in [-0.05, 0) is 30.5 Å². The minimum absolute atomic E-state index is 0.243. The highest BCUT2D eigenvalue weighted by Gasteiger charge is 2.21. The lowest BCUT2D eigenvalue weighted by Crippen LogP contribution is -2.28. The van der Waals surface area contributed by atoms with Crippen molar-refractivity contribution in [3.63, 3.8) is 0 Å². The molecule has 3 heterocycles. The summed E-state index contributed by atoms with van der Waals surface area (Å²) in [5, 5.41) is 14.9.